The Bertz CT molecular complexity index is 1800. The molecule has 0 radical (unpaired) electrons. The number of carboxylic acid groups (broad SMARTS) is 1. The van der Waals surface area contributed by atoms with Crippen molar-refractivity contribution in [1.29, 1.82) is 0 Å². The Morgan fingerprint density at radius 1 is 1.02 bits per heavy atom. The molecule has 44 heavy (non-hydrogen) atoms. The van der Waals surface area contributed by atoms with Gasteiger partial charge in [0.1, 0.15) is 22.4 Å². The zero-order chi connectivity index (χ0) is 31.9. The Kier molecular flexibility index (Phi) is 8.64. The molecule has 0 unspecified atom stereocenters. The van der Waals surface area contributed by atoms with Crippen molar-refractivity contribution in [2.45, 2.75) is 53.7 Å². The van der Waals surface area contributed by atoms with Crippen molar-refractivity contribution >= 4 is 67.5 Å². The van der Waals surface area contributed by atoms with E-state index >= 15 is 0 Å². The molecule has 5 rings (SSSR count). The van der Waals surface area contributed by atoms with E-state index in [2.05, 4.69) is 9.98 Å². The number of aliphatic imine (C=N–C) groups is 1. The maximum absolute atomic E-state index is 13.3. The van der Waals surface area contributed by atoms with Crippen LogP contribution in [0.5, 0.6) is 5.75 Å². The Morgan fingerprint density at radius 3 is 2.36 bits per heavy atom. The number of hydrogen-bond acceptors (Lipinski definition) is 9. The number of nitrogens with zero attached hydrogens (tertiary/aromatic N) is 3. The third kappa shape index (κ3) is 6.11. The van der Waals surface area contributed by atoms with Crippen molar-refractivity contribution in [2.75, 3.05) is 17.7 Å². The molecular formula is C33H33N3O6S2. The molecule has 228 valence electrons. The fraction of sp³-hybridized carbons (Fsp3) is 0.333. The molecule has 2 heterocycles. The summed E-state index contributed by atoms with van der Waals surface area (Å²) in [6.07, 6.45) is 0.0698. The zero-order valence-corrected chi connectivity index (χ0v) is 27.0. The van der Waals surface area contributed by atoms with Crippen molar-refractivity contribution in [1.82, 2.24) is 4.98 Å². The summed E-state index contributed by atoms with van der Waals surface area (Å²) in [5, 5.41) is 10.6. The molecule has 0 fully saturated rings. The topological polar surface area (TPSA) is 126 Å². The number of carboxylic acids is 1. The largest absolute Gasteiger partial charge is 0.489 e. The Balaban J connectivity index is 1.21. The number of ether oxygens (including phenoxy) is 1. The molecule has 1 amide bonds. The number of fused-ring (bicyclic) bond motifs is 1. The van der Waals surface area contributed by atoms with Crippen molar-refractivity contribution in [3.63, 3.8) is 0 Å². The van der Waals surface area contributed by atoms with Crippen LogP contribution in [-0.2, 0) is 25.8 Å². The van der Waals surface area contributed by atoms with E-state index in [0.717, 1.165) is 15.8 Å². The van der Waals surface area contributed by atoms with E-state index in [9.17, 15) is 24.3 Å². The van der Waals surface area contributed by atoms with E-state index in [4.69, 9.17) is 4.74 Å². The number of thiazole rings is 1. The SMILES string of the molecule is CC1=C(C)C(=O)C(C(C)(C)CC(=O)N(C)c2ccc(COc3ccc4nc(C5=N[C@@H](C(=O)O)CS5)sc4c3)cc2)=C(C)C1=O. The van der Waals surface area contributed by atoms with Crippen molar-refractivity contribution in [3.05, 3.63) is 75.3 Å². The second-order valence-corrected chi connectivity index (χ2v) is 13.7. The Morgan fingerprint density at radius 2 is 1.70 bits per heavy atom. The number of anilines is 1. The first kappa shape index (κ1) is 31.3. The molecule has 2 aromatic carbocycles. The van der Waals surface area contributed by atoms with Gasteiger partial charge in [0.05, 0.1) is 10.2 Å². The first-order valence-electron chi connectivity index (χ1n) is 14.1. The highest BCUT2D eigenvalue weighted by atomic mass is 32.2. The van der Waals surface area contributed by atoms with E-state index in [1.807, 2.05) is 56.3 Å². The van der Waals surface area contributed by atoms with Crippen LogP contribution < -0.4 is 9.64 Å². The highest BCUT2D eigenvalue weighted by Gasteiger charge is 2.39. The number of hydrogen-bond donors (Lipinski definition) is 1. The normalized spacial score (nSPS) is 17.4. The van der Waals surface area contributed by atoms with E-state index < -0.39 is 17.4 Å². The number of aliphatic carboxylic acids is 1. The number of Topliss-reactive ketones (excluding diaryl/α,β-unsaturated/α-hetero) is 2. The average Bonchev–Trinajstić information content (AvgIpc) is 3.65. The second kappa shape index (κ2) is 12.1. The van der Waals surface area contributed by atoms with E-state index in [1.165, 1.54) is 23.1 Å². The van der Waals surface area contributed by atoms with Gasteiger partial charge in [-0.2, -0.15) is 0 Å². The zero-order valence-electron chi connectivity index (χ0n) is 25.4. The van der Waals surface area contributed by atoms with Gasteiger partial charge >= 0.3 is 5.97 Å². The van der Waals surface area contributed by atoms with Crippen LogP contribution in [0, 0.1) is 5.41 Å². The minimum atomic E-state index is -0.929. The predicted molar refractivity (Wildman–Crippen MR) is 174 cm³/mol. The van der Waals surface area contributed by atoms with Gasteiger partial charge in [0.15, 0.2) is 17.6 Å². The standard InChI is InChI=1S/C33H33N3O6S2/c1-17-18(2)29(39)27(19(3)28(17)38)33(4,5)14-26(37)36(6)21-9-7-20(8-10-21)15-42-22-11-12-23-25(13-22)44-31(34-23)30-35-24(16-43-30)32(40)41/h7-13,24H,14-16H2,1-6H3,(H,40,41)/t24-/m1/s1. The summed E-state index contributed by atoms with van der Waals surface area (Å²) in [5.41, 5.74) is 3.32. The molecule has 1 aliphatic carbocycles. The number of allylic oxidation sites excluding steroid dienone is 4. The lowest BCUT2D eigenvalue weighted by molar-refractivity contribution is -0.137. The predicted octanol–water partition coefficient (Wildman–Crippen LogP) is 6.01. The molecule has 11 heteroatoms. The van der Waals surface area contributed by atoms with Crippen LogP contribution in [0.25, 0.3) is 10.2 Å². The van der Waals surface area contributed by atoms with Crippen molar-refractivity contribution < 1.29 is 29.0 Å². The summed E-state index contributed by atoms with van der Waals surface area (Å²) >= 11 is 2.86. The molecule has 9 nitrogen and oxygen atoms in total. The number of carbonyl (C=O) groups excluding carboxylic acids is 3. The average molecular weight is 632 g/mol. The fourth-order valence-electron chi connectivity index (χ4n) is 5.32. The summed E-state index contributed by atoms with van der Waals surface area (Å²) in [6.45, 7) is 8.98. The number of ketones is 2. The lowest BCUT2D eigenvalue weighted by Crippen LogP contribution is -2.36. The maximum Gasteiger partial charge on any atom is 0.329 e. The number of amides is 1. The van der Waals surface area contributed by atoms with Crippen LogP contribution in [0.4, 0.5) is 5.69 Å². The highest BCUT2D eigenvalue weighted by molar-refractivity contribution is 8.15. The minimum absolute atomic E-state index is 0.0698. The molecule has 0 saturated heterocycles. The van der Waals surface area contributed by atoms with Gasteiger partial charge < -0.3 is 14.7 Å². The van der Waals surface area contributed by atoms with Crippen LogP contribution in [0.2, 0.25) is 0 Å². The molecule has 1 aliphatic heterocycles. The summed E-state index contributed by atoms with van der Waals surface area (Å²) in [4.78, 5) is 60.7. The first-order valence-corrected chi connectivity index (χ1v) is 15.9. The minimum Gasteiger partial charge on any atom is -0.489 e. The van der Waals surface area contributed by atoms with Gasteiger partial charge in [-0.3, -0.25) is 19.4 Å². The smallest absolute Gasteiger partial charge is 0.329 e. The monoisotopic (exact) mass is 631 g/mol. The van der Waals surface area contributed by atoms with Gasteiger partial charge in [-0.15, -0.1) is 23.1 Å². The van der Waals surface area contributed by atoms with E-state index in [1.54, 1.807) is 32.7 Å². The van der Waals surface area contributed by atoms with Gasteiger partial charge in [0.2, 0.25) is 5.91 Å². The molecule has 1 N–H and O–H groups in total. The third-order valence-corrected chi connectivity index (χ3v) is 10.2. The van der Waals surface area contributed by atoms with Crippen LogP contribution in [0.1, 0.15) is 51.6 Å². The molecule has 2 aliphatic rings. The Labute approximate surface area is 263 Å². The van der Waals surface area contributed by atoms with Crippen molar-refractivity contribution in [2.24, 2.45) is 10.4 Å². The highest BCUT2D eigenvalue weighted by Crippen LogP contribution is 2.39. The van der Waals surface area contributed by atoms with Gasteiger partial charge in [-0.25, -0.2) is 9.78 Å². The second-order valence-electron chi connectivity index (χ2n) is 11.6. The molecule has 3 aromatic rings. The van der Waals surface area contributed by atoms with Gasteiger partial charge in [0, 0.05) is 52.6 Å². The molecule has 1 atom stereocenters. The number of aromatic nitrogens is 1. The summed E-state index contributed by atoms with van der Waals surface area (Å²) < 4.78 is 6.95. The first-order chi connectivity index (χ1) is 20.8. The molecule has 0 spiro atoms. The number of thioether (sulfide) groups is 1. The maximum atomic E-state index is 13.3. The van der Waals surface area contributed by atoms with E-state index in [0.29, 0.717) is 56.1 Å². The van der Waals surface area contributed by atoms with Crippen LogP contribution >= 0.6 is 23.1 Å². The van der Waals surface area contributed by atoms with Crippen LogP contribution in [-0.4, -0.2) is 57.4 Å². The number of carbonyl (C=O) groups is 4. The summed E-state index contributed by atoms with van der Waals surface area (Å²) in [7, 11) is 1.70. The van der Waals surface area contributed by atoms with E-state index in [-0.39, 0.29) is 23.9 Å². The number of rotatable bonds is 9. The lowest BCUT2D eigenvalue weighted by Gasteiger charge is -2.32. The van der Waals surface area contributed by atoms with Crippen LogP contribution in [0.3, 0.4) is 0 Å². The summed E-state index contributed by atoms with van der Waals surface area (Å²) in [5.74, 6) is -0.322. The van der Waals surface area contributed by atoms with Crippen LogP contribution in [0.15, 0.2) is 69.7 Å². The molecule has 0 bridgehead atoms. The number of benzene rings is 2. The molecule has 1 aromatic heterocycles. The van der Waals surface area contributed by atoms with Gasteiger partial charge in [-0.1, -0.05) is 26.0 Å². The Hall–Kier alpha value is -4.09. The lowest BCUT2D eigenvalue weighted by atomic mass is 9.71. The molecule has 0 saturated carbocycles. The quantitative estimate of drug-likeness (QED) is 0.285. The molecular weight excluding hydrogens is 599 g/mol. The van der Waals surface area contributed by atoms with Gasteiger partial charge in [-0.05, 0) is 56.7 Å². The third-order valence-electron chi connectivity index (χ3n) is 8.04. The van der Waals surface area contributed by atoms with Crippen molar-refractivity contribution in [3.8, 4) is 5.75 Å². The summed E-state index contributed by atoms with van der Waals surface area (Å²) in [6, 6.07) is 12.4. The fourth-order valence-corrected chi connectivity index (χ4v) is 7.41. The van der Waals surface area contributed by atoms with Gasteiger partial charge in [0.25, 0.3) is 0 Å².